The van der Waals surface area contributed by atoms with E-state index >= 15 is 0 Å². The second-order valence-corrected chi connectivity index (χ2v) is 7.33. The zero-order valence-corrected chi connectivity index (χ0v) is 16.0. The fourth-order valence-electron chi connectivity index (χ4n) is 3.88. The predicted molar refractivity (Wildman–Crippen MR) is 101 cm³/mol. The van der Waals surface area contributed by atoms with Crippen molar-refractivity contribution in [2.45, 2.75) is 38.0 Å². The molecule has 1 aliphatic carbocycles. The Kier molecular flexibility index (Phi) is 6.64. The molecule has 0 bridgehead atoms. The molecule has 3 amide bonds. The number of benzene rings is 1. The van der Waals surface area contributed by atoms with Crippen molar-refractivity contribution >= 4 is 17.7 Å². The Morgan fingerprint density at radius 3 is 2.68 bits per heavy atom. The number of rotatable bonds is 5. The third kappa shape index (κ3) is 4.69. The van der Waals surface area contributed by atoms with E-state index in [1.807, 2.05) is 0 Å². The molecule has 28 heavy (non-hydrogen) atoms. The zero-order chi connectivity index (χ0) is 20.1. The summed E-state index contributed by atoms with van der Waals surface area (Å²) in [6.07, 6.45) is 1.53. The average molecular weight is 389 g/mol. The highest BCUT2D eigenvalue weighted by atomic mass is 16.5. The first kappa shape index (κ1) is 20.3. The predicted octanol–water partition coefficient (Wildman–Crippen LogP) is 0.0508. The Hall–Kier alpha value is -2.45. The van der Waals surface area contributed by atoms with Crippen molar-refractivity contribution in [2.75, 3.05) is 26.7 Å². The van der Waals surface area contributed by atoms with Gasteiger partial charge in [0, 0.05) is 31.7 Å². The van der Waals surface area contributed by atoms with E-state index in [-0.39, 0.29) is 48.9 Å². The minimum absolute atomic E-state index is 0.0127. The third-order valence-corrected chi connectivity index (χ3v) is 5.51. The molecule has 3 rings (SSSR count). The Bertz CT molecular complexity index is 721. The zero-order valence-electron chi connectivity index (χ0n) is 16.0. The van der Waals surface area contributed by atoms with Crippen LogP contribution < -0.4 is 10.6 Å². The van der Waals surface area contributed by atoms with Gasteiger partial charge in [0.15, 0.2) is 0 Å². The van der Waals surface area contributed by atoms with Gasteiger partial charge < -0.3 is 25.4 Å². The fraction of sp³-hybridized carbons (Fsp3) is 0.550. The fourth-order valence-corrected chi connectivity index (χ4v) is 3.88. The Morgan fingerprint density at radius 2 is 2.04 bits per heavy atom. The topological polar surface area (TPSA) is 108 Å². The summed E-state index contributed by atoms with van der Waals surface area (Å²) in [6.45, 7) is 1.06. The molecule has 3 N–H and O–H groups in total. The summed E-state index contributed by atoms with van der Waals surface area (Å²) in [6, 6.07) is 6.61. The molecule has 2 aliphatic rings. The van der Waals surface area contributed by atoms with E-state index in [9.17, 15) is 14.4 Å². The van der Waals surface area contributed by atoms with Gasteiger partial charge in [-0.25, -0.2) is 0 Å². The van der Waals surface area contributed by atoms with Gasteiger partial charge in [0.25, 0.3) is 5.91 Å². The molecule has 152 valence electrons. The van der Waals surface area contributed by atoms with Crippen molar-refractivity contribution in [3.8, 4) is 0 Å². The number of ether oxygens (including phenoxy) is 1. The van der Waals surface area contributed by atoms with E-state index in [0.717, 1.165) is 5.56 Å². The lowest BCUT2D eigenvalue weighted by atomic mass is 9.82. The van der Waals surface area contributed by atoms with Gasteiger partial charge >= 0.3 is 0 Å². The lowest BCUT2D eigenvalue weighted by Gasteiger charge is -2.37. The molecule has 8 nitrogen and oxygen atoms in total. The Labute approximate surface area is 164 Å². The number of carbonyl (C=O) groups excluding carboxylic acids is 3. The molecule has 0 unspecified atom stereocenters. The molecule has 1 saturated carbocycles. The molecule has 0 aromatic heterocycles. The summed E-state index contributed by atoms with van der Waals surface area (Å²) < 4.78 is 5.57. The van der Waals surface area contributed by atoms with Gasteiger partial charge in [0.2, 0.25) is 11.8 Å². The standard InChI is InChI=1S/C20H27N3O5/c1-28-17-10-15(20(27)23-9-8-21-18(25)11-23)6-7-16(17)22-19(26)14-4-2-13(12-24)3-5-14/h2-5,15-17,24H,6-12H2,1H3,(H,21,25)(H,22,26)/t15-,16+,17+/m0/s1. The first-order valence-electron chi connectivity index (χ1n) is 9.60. The number of methoxy groups -OCH3 is 1. The van der Waals surface area contributed by atoms with Crippen LogP contribution in [0.3, 0.4) is 0 Å². The third-order valence-electron chi connectivity index (χ3n) is 5.51. The molecule has 0 spiro atoms. The van der Waals surface area contributed by atoms with Gasteiger partial charge in [-0.1, -0.05) is 12.1 Å². The summed E-state index contributed by atoms with van der Waals surface area (Å²) in [5.41, 5.74) is 1.27. The number of hydrogen-bond acceptors (Lipinski definition) is 5. The second kappa shape index (κ2) is 9.16. The molecule has 1 aliphatic heterocycles. The number of nitrogens with zero attached hydrogens (tertiary/aromatic N) is 1. The van der Waals surface area contributed by atoms with E-state index in [1.165, 1.54) is 0 Å². The molecule has 3 atom stereocenters. The van der Waals surface area contributed by atoms with Crippen molar-refractivity contribution in [3.63, 3.8) is 0 Å². The largest absolute Gasteiger partial charge is 0.392 e. The maximum Gasteiger partial charge on any atom is 0.251 e. The number of hydrogen-bond donors (Lipinski definition) is 3. The lowest BCUT2D eigenvalue weighted by Crippen LogP contribution is -2.54. The Morgan fingerprint density at radius 1 is 1.29 bits per heavy atom. The summed E-state index contributed by atoms with van der Waals surface area (Å²) in [5, 5.41) is 14.8. The van der Waals surface area contributed by atoms with E-state index in [0.29, 0.717) is 37.9 Å². The van der Waals surface area contributed by atoms with Gasteiger partial charge in [-0.15, -0.1) is 0 Å². The maximum atomic E-state index is 12.8. The molecule has 1 aromatic rings. The van der Waals surface area contributed by atoms with Crippen LogP contribution in [0.15, 0.2) is 24.3 Å². The summed E-state index contributed by atoms with van der Waals surface area (Å²) >= 11 is 0. The van der Waals surface area contributed by atoms with Gasteiger partial charge in [-0.3, -0.25) is 14.4 Å². The quantitative estimate of drug-likeness (QED) is 0.660. The Balaban J connectivity index is 1.58. The van der Waals surface area contributed by atoms with Crippen LogP contribution in [0.4, 0.5) is 0 Å². The highest BCUT2D eigenvalue weighted by Crippen LogP contribution is 2.28. The minimum atomic E-state index is -0.262. The minimum Gasteiger partial charge on any atom is -0.392 e. The lowest BCUT2D eigenvalue weighted by molar-refractivity contribution is -0.143. The van der Waals surface area contributed by atoms with E-state index < -0.39 is 0 Å². The normalized spacial score (nSPS) is 25.1. The average Bonchev–Trinajstić information content (AvgIpc) is 2.73. The molecule has 1 aromatic carbocycles. The van der Waals surface area contributed by atoms with Gasteiger partial charge in [-0.05, 0) is 37.0 Å². The molecular formula is C20H27N3O5. The van der Waals surface area contributed by atoms with Crippen LogP contribution in [0.2, 0.25) is 0 Å². The first-order chi connectivity index (χ1) is 13.5. The van der Waals surface area contributed by atoms with Crippen LogP contribution in [-0.2, 0) is 20.9 Å². The SMILES string of the molecule is CO[C@@H]1C[C@@H](C(=O)N2CCNC(=O)C2)CC[C@H]1NC(=O)c1ccc(CO)cc1. The van der Waals surface area contributed by atoms with E-state index in [2.05, 4.69) is 10.6 Å². The molecule has 2 fully saturated rings. The monoisotopic (exact) mass is 389 g/mol. The van der Waals surface area contributed by atoms with E-state index in [1.54, 1.807) is 36.3 Å². The van der Waals surface area contributed by atoms with Crippen molar-refractivity contribution in [1.82, 2.24) is 15.5 Å². The number of carbonyl (C=O) groups is 3. The van der Waals surface area contributed by atoms with Crippen LogP contribution in [0.25, 0.3) is 0 Å². The molecule has 0 radical (unpaired) electrons. The molecule has 1 saturated heterocycles. The van der Waals surface area contributed by atoms with Gasteiger partial charge in [0.1, 0.15) is 0 Å². The van der Waals surface area contributed by atoms with Crippen molar-refractivity contribution in [3.05, 3.63) is 35.4 Å². The highest BCUT2D eigenvalue weighted by Gasteiger charge is 2.37. The van der Waals surface area contributed by atoms with Crippen molar-refractivity contribution < 1.29 is 24.2 Å². The smallest absolute Gasteiger partial charge is 0.251 e. The molecule has 8 heteroatoms. The van der Waals surface area contributed by atoms with Crippen LogP contribution in [0.1, 0.15) is 35.2 Å². The number of piperazine rings is 1. The van der Waals surface area contributed by atoms with Crippen LogP contribution in [-0.4, -0.2) is 66.6 Å². The number of nitrogens with one attached hydrogen (secondary N) is 2. The van der Waals surface area contributed by atoms with Gasteiger partial charge in [-0.2, -0.15) is 0 Å². The molecular weight excluding hydrogens is 362 g/mol. The van der Waals surface area contributed by atoms with Crippen molar-refractivity contribution in [2.24, 2.45) is 5.92 Å². The van der Waals surface area contributed by atoms with Gasteiger partial charge in [0.05, 0.1) is 25.3 Å². The van der Waals surface area contributed by atoms with Crippen LogP contribution in [0, 0.1) is 5.92 Å². The summed E-state index contributed by atoms with van der Waals surface area (Å²) in [5.74, 6) is -0.542. The maximum absolute atomic E-state index is 12.8. The molecule has 1 heterocycles. The second-order valence-electron chi connectivity index (χ2n) is 7.33. The van der Waals surface area contributed by atoms with Crippen LogP contribution in [0.5, 0.6) is 0 Å². The summed E-state index contributed by atoms with van der Waals surface area (Å²) in [7, 11) is 1.58. The highest BCUT2D eigenvalue weighted by molar-refractivity contribution is 5.94. The van der Waals surface area contributed by atoms with Crippen molar-refractivity contribution in [1.29, 1.82) is 0 Å². The number of amides is 3. The number of aliphatic hydroxyl groups excluding tert-OH is 1. The first-order valence-corrected chi connectivity index (χ1v) is 9.60. The van der Waals surface area contributed by atoms with E-state index in [4.69, 9.17) is 9.84 Å². The van der Waals surface area contributed by atoms with Crippen LogP contribution >= 0.6 is 0 Å². The summed E-state index contributed by atoms with van der Waals surface area (Å²) in [4.78, 5) is 38.4. The number of aliphatic hydroxyl groups is 1.